The molecule has 2 N–H and O–H groups in total. The molecule has 0 saturated heterocycles. The highest BCUT2D eigenvalue weighted by atomic mass is 32.2. The van der Waals surface area contributed by atoms with Gasteiger partial charge in [0, 0.05) is 13.6 Å². The number of hydrogen-bond donors (Lipinski definition) is 2. The smallest absolute Gasteiger partial charge is 0.243 e. The van der Waals surface area contributed by atoms with E-state index in [0.717, 1.165) is 19.3 Å². The molecule has 1 aliphatic rings. The van der Waals surface area contributed by atoms with Crippen LogP contribution in [0.5, 0.6) is 0 Å². The third kappa shape index (κ3) is 3.27. The van der Waals surface area contributed by atoms with Crippen molar-refractivity contribution in [2.24, 2.45) is 5.41 Å². The summed E-state index contributed by atoms with van der Waals surface area (Å²) < 4.78 is 27.2. The van der Waals surface area contributed by atoms with Gasteiger partial charge in [0.1, 0.15) is 4.90 Å². The van der Waals surface area contributed by atoms with Crippen LogP contribution < -0.4 is 10.0 Å². The highest BCUT2D eigenvalue weighted by Gasteiger charge is 2.33. The summed E-state index contributed by atoms with van der Waals surface area (Å²) in [6, 6.07) is 0. The van der Waals surface area contributed by atoms with Crippen LogP contribution in [0.3, 0.4) is 0 Å². The van der Waals surface area contributed by atoms with E-state index in [1.165, 1.54) is 25.2 Å². The lowest BCUT2D eigenvalue weighted by Gasteiger charge is -2.27. The van der Waals surface area contributed by atoms with Gasteiger partial charge in [0.05, 0.1) is 12.4 Å². The van der Waals surface area contributed by atoms with E-state index in [-0.39, 0.29) is 10.3 Å². The minimum atomic E-state index is -3.52. The summed E-state index contributed by atoms with van der Waals surface area (Å²) >= 11 is 0. The normalized spacial score (nSPS) is 18.1. The van der Waals surface area contributed by atoms with Crippen LogP contribution in [0.15, 0.2) is 17.3 Å². The number of anilines is 1. The van der Waals surface area contributed by atoms with E-state index >= 15 is 0 Å². The Hall–Kier alpha value is -1.21. The predicted octanol–water partition coefficient (Wildman–Crippen LogP) is 1.77. The molecule has 0 spiro atoms. The lowest BCUT2D eigenvalue weighted by atomic mass is 9.84. The molecule has 2 rings (SSSR count). The van der Waals surface area contributed by atoms with E-state index in [4.69, 9.17) is 0 Å². The number of sulfonamides is 1. The van der Waals surface area contributed by atoms with Crippen molar-refractivity contribution in [3.63, 3.8) is 0 Å². The first-order valence-electron chi connectivity index (χ1n) is 7.01. The van der Waals surface area contributed by atoms with Gasteiger partial charge in [-0.1, -0.05) is 19.8 Å². The Morgan fingerprint density at radius 3 is 2.35 bits per heavy atom. The van der Waals surface area contributed by atoms with Crippen molar-refractivity contribution < 1.29 is 8.42 Å². The van der Waals surface area contributed by atoms with Crippen molar-refractivity contribution in [3.05, 3.63) is 12.4 Å². The molecule has 0 aromatic carbocycles. The monoisotopic (exact) mass is 298 g/mol. The average Bonchev–Trinajstić information content (AvgIpc) is 2.95. The largest absolute Gasteiger partial charge is 0.357 e. The summed E-state index contributed by atoms with van der Waals surface area (Å²) in [6.45, 7) is 2.63. The van der Waals surface area contributed by atoms with Crippen molar-refractivity contribution >= 4 is 16.0 Å². The molecule has 20 heavy (non-hydrogen) atoms. The summed E-state index contributed by atoms with van der Waals surface area (Å²) in [5.41, 5.74) is 0.124. The highest BCUT2D eigenvalue weighted by molar-refractivity contribution is 7.89. The summed E-state index contributed by atoms with van der Waals surface area (Å²) in [5, 5.41) is 2.76. The summed E-state index contributed by atoms with van der Waals surface area (Å²) in [7, 11) is -1.84. The number of aromatic nitrogens is 2. The maximum absolute atomic E-state index is 12.2. The van der Waals surface area contributed by atoms with Crippen molar-refractivity contribution in [2.75, 3.05) is 18.9 Å². The molecule has 0 amide bonds. The quantitative estimate of drug-likeness (QED) is 0.836. The number of nitrogens with zero attached hydrogens (tertiary/aromatic N) is 2. The molecule has 1 fully saturated rings. The third-order valence-corrected chi connectivity index (χ3v) is 5.57. The molecule has 1 aromatic rings. The van der Waals surface area contributed by atoms with E-state index in [9.17, 15) is 8.42 Å². The Morgan fingerprint density at radius 2 is 1.85 bits per heavy atom. The standard InChI is InChI=1S/C13H22N4O2S/c1-3-13(6-4-5-7-13)10-17-20(18,19)11-8-15-12(14-2)16-9-11/h8-9,17H,3-7,10H2,1-2H3,(H,14,15,16). The van der Waals surface area contributed by atoms with Crippen LogP contribution >= 0.6 is 0 Å². The van der Waals surface area contributed by atoms with Gasteiger partial charge in [-0.25, -0.2) is 23.1 Å². The van der Waals surface area contributed by atoms with Gasteiger partial charge in [-0.3, -0.25) is 0 Å². The summed E-state index contributed by atoms with van der Waals surface area (Å²) in [6.07, 6.45) is 8.24. The van der Waals surface area contributed by atoms with Gasteiger partial charge in [0.25, 0.3) is 0 Å². The van der Waals surface area contributed by atoms with Gasteiger partial charge in [-0.15, -0.1) is 0 Å². The van der Waals surface area contributed by atoms with Crippen molar-refractivity contribution in [1.29, 1.82) is 0 Å². The first kappa shape index (κ1) is 15.2. The SMILES string of the molecule is CCC1(CNS(=O)(=O)c2cnc(NC)nc2)CCCC1. The Labute approximate surface area is 120 Å². The van der Waals surface area contributed by atoms with Gasteiger partial charge < -0.3 is 5.32 Å². The molecule has 0 atom stereocenters. The van der Waals surface area contributed by atoms with E-state index in [2.05, 4.69) is 26.9 Å². The van der Waals surface area contributed by atoms with Crippen LogP contribution in [0.1, 0.15) is 39.0 Å². The topological polar surface area (TPSA) is 84.0 Å². The minimum absolute atomic E-state index is 0.112. The third-order valence-electron chi connectivity index (χ3n) is 4.21. The molecule has 6 nitrogen and oxygen atoms in total. The molecule has 1 aliphatic carbocycles. The Morgan fingerprint density at radius 1 is 1.25 bits per heavy atom. The Balaban J connectivity index is 2.06. The van der Waals surface area contributed by atoms with Gasteiger partial charge in [-0.2, -0.15) is 0 Å². The van der Waals surface area contributed by atoms with Crippen LogP contribution in [0.2, 0.25) is 0 Å². The zero-order valence-electron chi connectivity index (χ0n) is 12.0. The lowest BCUT2D eigenvalue weighted by Crippen LogP contribution is -2.35. The highest BCUT2D eigenvalue weighted by Crippen LogP contribution is 2.40. The second-order valence-electron chi connectivity index (χ2n) is 5.38. The zero-order valence-corrected chi connectivity index (χ0v) is 12.8. The lowest BCUT2D eigenvalue weighted by molar-refractivity contribution is 0.285. The van der Waals surface area contributed by atoms with Crippen LogP contribution in [0.4, 0.5) is 5.95 Å². The molecule has 0 aliphatic heterocycles. The van der Waals surface area contributed by atoms with Gasteiger partial charge in [-0.05, 0) is 24.7 Å². The van der Waals surface area contributed by atoms with E-state index in [0.29, 0.717) is 12.5 Å². The number of rotatable bonds is 6. The van der Waals surface area contributed by atoms with Crippen LogP contribution in [0.25, 0.3) is 0 Å². The zero-order chi connectivity index (χ0) is 14.6. The maximum atomic E-state index is 12.2. The fourth-order valence-electron chi connectivity index (χ4n) is 2.70. The first-order valence-corrected chi connectivity index (χ1v) is 8.49. The fourth-order valence-corrected chi connectivity index (χ4v) is 3.74. The fraction of sp³-hybridized carbons (Fsp3) is 0.692. The molecule has 112 valence electrons. The molecule has 1 heterocycles. The Bertz CT molecular complexity index is 536. The van der Waals surface area contributed by atoms with Crippen LogP contribution in [-0.2, 0) is 10.0 Å². The van der Waals surface area contributed by atoms with Gasteiger partial charge in [0.15, 0.2) is 0 Å². The predicted molar refractivity (Wildman–Crippen MR) is 78.0 cm³/mol. The summed E-state index contributed by atoms with van der Waals surface area (Å²) in [4.78, 5) is 7.99. The van der Waals surface area contributed by atoms with E-state index in [1.807, 2.05) is 0 Å². The number of hydrogen-bond acceptors (Lipinski definition) is 5. The van der Waals surface area contributed by atoms with Crippen LogP contribution in [-0.4, -0.2) is 32.0 Å². The average molecular weight is 298 g/mol. The second-order valence-corrected chi connectivity index (χ2v) is 7.14. The van der Waals surface area contributed by atoms with E-state index in [1.54, 1.807) is 7.05 Å². The van der Waals surface area contributed by atoms with Crippen molar-refractivity contribution in [3.8, 4) is 0 Å². The molecule has 0 unspecified atom stereocenters. The number of nitrogens with one attached hydrogen (secondary N) is 2. The molecular weight excluding hydrogens is 276 g/mol. The molecule has 0 bridgehead atoms. The molecule has 0 radical (unpaired) electrons. The van der Waals surface area contributed by atoms with Crippen LogP contribution in [0, 0.1) is 5.41 Å². The Kier molecular flexibility index (Phi) is 4.59. The van der Waals surface area contributed by atoms with Crippen molar-refractivity contribution in [1.82, 2.24) is 14.7 Å². The minimum Gasteiger partial charge on any atom is -0.357 e. The van der Waals surface area contributed by atoms with Gasteiger partial charge in [0.2, 0.25) is 16.0 Å². The molecule has 1 saturated carbocycles. The van der Waals surface area contributed by atoms with E-state index < -0.39 is 10.0 Å². The van der Waals surface area contributed by atoms with Gasteiger partial charge >= 0.3 is 0 Å². The molecular formula is C13H22N4O2S. The van der Waals surface area contributed by atoms with Crippen molar-refractivity contribution in [2.45, 2.75) is 43.9 Å². The second kappa shape index (κ2) is 6.05. The maximum Gasteiger partial charge on any atom is 0.243 e. The summed E-state index contributed by atoms with van der Waals surface area (Å²) in [5.74, 6) is 0.407. The molecule has 1 aromatic heterocycles. The molecule has 7 heteroatoms. The first-order chi connectivity index (χ1) is 9.51.